The zero-order valence-electron chi connectivity index (χ0n) is 17.0. The third-order valence-electron chi connectivity index (χ3n) is 4.76. The Hall–Kier alpha value is -3.26. The molecule has 4 aromatic rings. The summed E-state index contributed by atoms with van der Waals surface area (Å²) in [6, 6.07) is 4.19. The Morgan fingerprint density at radius 1 is 1.24 bits per heavy atom. The summed E-state index contributed by atoms with van der Waals surface area (Å²) in [6.07, 6.45) is 7.03. The summed E-state index contributed by atoms with van der Waals surface area (Å²) in [5.74, 6) is 0.474. The van der Waals surface area contributed by atoms with Crippen LogP contribution in [0.2, 0.25) is 0 Å². The van der Waals surface area contributed by atoms with Crippen LogP contribution in [0.4, 0.5) is 5.95 Å². The first-order valence-corrected chi connectivity index (χ1v) is 9.71. The van der Waals surface area contributed by atoms with Crippen molar-refractivity contribution in [3.05, 3.63) is 42.5 Å². The number of aliphatic hydroxyl groups excluding tert-OH is 1. The number of hydrogen-bond acceptors (Lipinski definition) is 6. The quantitative estimate of drug-likeness (QED) is 0.464. The van der Waals surface area contributed by atoms with Crippen molar-refractivity contribution in [1.82, 2.24) is 29.7 Å². The summed E-state index contributed by atoms with van der Waals surface area (Å²) in [7, 11) is 0. The molecule has 0 saturated heterocycles. The van der Waals surface area contributed by atoms with Crippen LogP contribution >= 0.6 is 0 Å². The molecule has 0 bridgehead atoms. The molecule has 0 unspecified atom stereocenters. The first kappa shape index (κ1) is 19.1. The number of anilines is 1. The second kappa shape index (κ2) is 7.63. The molecule has 0 radical (unpaired) electrons. The average molecular weight is 391 g/mol. The van der Waals surface area contributed by atoms with Crippen LogP contribution in [-0.4, -0.2) is 47.5 Å². The highest BCUT2D eigenvalue weighted by Crippen LogP contribution is 2.32. The normalized spacial score (nSPS) is 12.6. The van der Waals surface area contributed by atoms with E-state index in [1.807, 2.05) is 29.3 Å². The van der Waals surface area contributed by atoms with Gasteiger partial charge in [-0.1, -0.05) is 0 Å². The van der Waals surface area contributed by atoms with Crippen molar-refractivity contribution in [2.75, 3.05) is 11.9 Å². The van der Waals surface area contributed by atoms with E-state index in [2.05, 4.69) is 52.1 Å². The molecule has 0 saturated carbocycles. The van der Waals surface area contributed by atoms with E-state index in [0.717, 1.165) is 39.1 Å². The number of pyridine rings is 1. The lowest BCUT2D eigenvalue weighted by atomic mass is 10.1. The van der Waals surface area contributed by atoms with E-state index in [1.165, 1.54) is 0 Å². The molecule has 0 aliphatic heterocycles. The van der Waals surface area contributed by atoms with Crippen LogP contribution in [-0.2, 0) is 0 Å². The van der Waals surface area contributed by atoms with Crippen molar-refractivity contribution < 1.29 is 5.11 Å². The van der Waals surface area contributed by atoms with Crippen LogP contribution in [0, 0.1) is 6.92 Å². The molecule has 4 rings (SSSR count). The van der Waals surface area contributed by atoms with Gasteiger partial charge in [0.05, 0.1) is 11.8 Å². The van der Waals surface area contributed by atoms with E-state index < -0.39 is 6.10 Å². The van der Waals surface area contributed by atoms with Crippen LogP contribution in [0.5, 0.6) is 0 Å². The Bertz CT molecular complexity index is 1140. The van der Waals surface area contributed by atoms with E-state index in [4.69, 9.17) is 5.10 Å². The third kappa shape index (κ3) is 3.84. The number of aromatic amines is 1. The zero-order chi connectivity index (χ0) is 20.5. The standard InChI is InChI=1S/C21H25N7O/c1-12(2)28-11-17(18-5-6-22-21(26-18)25-9-14(4)29)19(27-28)15-7-16-13(3)8-23-20(16)24-10-15/h5-8,10-12,14,29H,9H2,1-4H3,(H,23,24)(H,22,25,26)/t14-/m0/s1. The highest BCUT2D eigenvalue weighted by Gasteiger charge is 2.17. The maximum absolute atomic E-state index is 9.51. The van der Waals surface area contributed by atoms with Gasteiger partial charge in [0.15, 0.2) is 0 Å². The van der Waals surface area contributed by atoms with Gasteiger partial charge in [0.1, 0.15) is 11.3 Å². The minimum Gasteiger partial charge on any atom is -0.392 e. The number of aromatic nitrogens is 6. The molecule has 4 heterocycles. The molecular weight excluding hydrogens is 366 g/mol. The van der Waals surface area contributed by atoms with Gasteiger partial charge in [-0.3, -0.25) is 4.68 Å². The van der Waals surface area contributed by atoms with E-state index in [-0.39, 0.29) is 6.04 Å². The van der Waals surface area contributed by atoms with Gasteiger partial charge in [0.25, 0.3) is 0 Å². The molecular formula is C21H25N7O. The molecule has 0 aliphatic rings. The smallest absolute Gasteiger partial charge is 0.223 e. The maximum Gasteiger partial charge on any atom is 0.223 e. The predicted octanol–water partition coefficient (Wildman–Crippen LogP) is 3.57. The molecule has 1 atom stereocenters. The van der Waals surface area contributed by atoms with E-state index >= 15 is 0 Å². The van der Waals surface area contributed by atoms with Crippen molar-refractivity contribution in [2.24, 2.45) is 0 Å². The molecule has 29 heavy (non-hydrogen) atoms. The Labute approximate surface area is 169 Å². The highest BCUT2D eigenvalue weighted by atomic mass is 16.3. The third-order valence-corrected chi connectivity index (χ3v) is 4.76. The van der Waals surface area contributed by atoms with Crippen molar-refractivity contribution in [3.8, 4) is 22.5 Å². The summed E-state index contributed by atoms with van der Waals surface area (Å²) in [4.78, 5) is 16.6. The minimum absolute atomic E-state index is 0.211. The second-order valence-corrected chi connectivity index (χ2v) is 7.55. The number of aliphatic hydroxyl groups is 1. The molecule has 4 aromatic heterocycles. The molecule has 8 heteroatoms. The molecule has 0 aromatic carbocycles. The highest BCUT2D eigenvalue weighted by molar-refractivity contribution is 5.87. The van der Waals surface area contributed by atoms with Gasteiger partial charge in [-0.05, 0) is 45.4 Å². The fourth-order valence-electron chi connectivity index (χ4n) is 3.15. The van der Waals surface area contributed by atoms with E-state index in [9.17, 15) is 5.11 Å². The number of nitrogens with one attached hydrogen (secondary N) is 2. The minimum atomic E-state index is -0.482. The van der Waals surface area contributed by atoms with Crippen molar-refractivity contribution >= 4 is 17.0 Å². The van der Waals surface area contributed by atoms with Gasteiger partial charge in [0, 0.05) is 53.9 Å². The largest absolute Gasteiger partial charge is 0.392 e. The number of H-pyrrole nitrogens is 1. The van der Waals surface area contributed by atoms with Crippen LogP contribution < -0.4 is 5.32 Å². The first-order valence-electron chi connectivity index (χ1n) is 9.71. The van der Waals surface area contributed by atoms with Crippen LogP contribution in [0.3, 0.4) is 0 Å². The van der Waals surface area contributed by atoms with E-state index in [0.29, 0.717) is 12.5 Å². The number of hydrogen-bond donors (Lipinski definition) is 3. The number of rotatable bonds is 6. The average Bonchev–Trinajstić information content (AvgIpc) is 3.31. The topological polar surface area (TPSA) is 105 Å². The monoisotopic (exact) mass is 391 g/mol. The van der Waals surface area contributed by atoms with Crippen LogP contribution in [0.1, 0.15) is 32.4 Å². The van der Waals surface area contributed by atoms with Gasteiger partial charge in [-0.2, -0.15) is 5.10 Å². The maximum atomic E-state index is 9.51. The number of nitrogens with zero attached hydrogens (tertiary/aromatic N) is 5. The molecule has 0 aliphatic carbocycles. The SMILES string of the molecule is Cc1c[nH]c2ncc(-c3nn(C(C)C)cc3-c3ccnc(NC[C@H](C)O)n3)cc12. The molecule has 8 nitrogen and oxygen atoms in total. The molecule has 0 spiro atoms. The van der Waals surface area contributed by atoms with Crippen LogP contribution in [0.25, 0.3) is 33.5 Å². The van der Waals surface area contributed by atoms with E-state index in [1.54, 1.807) is 13.1 Å². The van der Waals surface area contributed by atoms with Crippen LogP contribution in [0.15, 0.2) is 36.9 Å². The fraction of sp³-hybridized carbons (Fsp3) is 0.333. The molecule has 150 valence electrons. The second-order valence-electron chi connectivity index (χ2n) is 7.55. The number of aryl methyl sites for hydroxylation is 1. The van der Waals surface area contributed by atoms with Gasteiger partial charge < -0.3 is 15.4 Å². The first-order chi connectivity index (χ1) is 13.9. The van der Waals surface area contributed by atoms with Crippen molar-refractivity contribution in [1.29, 1.82) is 0 Å². The lowest BCUT2D eigenvalue weighted by Crippen LogP contribution is -2.16. The van der Waals surface area contributed by atoms with Gasteiger partial charge >= 0.3 is 0 Å². The molecule has 3 N–H and O–H groups in total. The number of fused-ring (bicyclic) bond motifs is 1. The summed E-state index contributed by atoms with van der Waals surface area (Å²) >= 11 is 0. The Morgan fingerprint density at radius 3 is 2.83 bits per heavy atom. The summed E-state index contributed by atoms with van der Waals surface area (Å²) in [6.45, 7) is 8.34. The summed E-state index contributed by atoms with van der Waals surface area (Å²) < 4.78 is 1.93. The van der Waals surface area contributed by atoms with Crippen molar-refractivity contribution in [3.63, 3.8) is 0 Å². The molecule has 0 fully saturated rings. The zero-order valence-corrected chi connectivity index (χ0v) is 17.0. The Balaban J connectivity index is 1.81. The van der Waals surface area contributed by atoms with Gasteiger partial charge in [-0.25, -0.2) is 15.0 Å². The molecule has 0 amide bonds. The van der Waals surface area contributed by atoms with Gasteiger partial charge in [-0.15, -0.1) is 0 Å². The predicted molar refractivity (Wildman–Crippen MR) is 114 cm³/mol. The summed E-state index contributed by atoms with van der Waals surface area (Å²) in [5.41, 5.74) is 5.45. The lowest BCUT2D eigenvalue weighted by Gasteiger charge is -2.08. The Morgan fingerprint density at radius 2 is 2.07 bits per heavy atom. The van der Waals surface area contributed by atoms with Gasteiger partial charge in [0.2, 0.25) is 5.95 Å². The summed E-state index contributed by atoms with van der Waals surface area (Å²) in [5, 5.41) is 18.5. The Kier molecular flexibility index (Phi) is 5.02. The lowest BCUT2D eigenvalue weighted by molar-refractivity contribution is 0.208. The fourth-order valence-corrected chi connectivity index (χ4v) is 3.15. The van der Waals surface area contributed by atoms with Crippen molar-refractivity contribution in [2.45, 2.75) is 39.8 Å².